The summed E-state index contributed by atoms with van der Waals surface area (Å²) in [4.78, 5) is 21.6. The summed E-state index contributed by atoms with van der Waals surface area (Å²) >= 11 is 0. The predicted octanol–water partition coefficient (Wildman–Crippen LogP) is 2.62. The zero-order valence-corrected chi connectivity index (χ0v) is 15.9. The first kappa shape index (κ1) is 18.5. The highest BCUT2D eigenvalue weighted by Crippen LogP contribution is 2.27. The summed E-state index contributed by atoms with van der Waals surface area (Å²) < 4.78 is 7.34. The molecular formula is C20H28N4O2. The monoisotopic (exact) mass is 356 g/mol. The van der Waals surface area contributed by atoms with Gasteiger partial charge in [-0.05, 0) is 31.0 Å². The van der Waals surface area contributed by atoms with Gasteiger partial charge in [-0.2, -0.15) is 0 Å². The first-order valence-electron chi connectivity index (χ1n) is 9.16. The molecule has 3 rings (SSSR count). The number of hydrogen-bond donors (Lipinski definition) is 0. The molecule has 1 aliphatic heterocycles. The summed E-state index contributed by atoms with van der Waals surface area (Å²) in [6.45, 7) is 2.98. The fraction of sp³-hybridized carbons (Fsp3) is 0.500. The van der Waals surface area contributed by atoms with Crippen molar-refractivity contribution in [2.45, 2.75) is 25.3 Å². The van der Waals surface area contributed by atoms with Crippen LogP contribution in [0.1, 0.15) is 34.9 Å². The Morgan fingerprint density at radius 1 is 1.38 bits per heavy atom. The Hall–Kier alpha value is -2.34. The zero-order chi connectivity index (χ0) is 18.5. The van der Waals surface area contributed by atoms with E-state index in [1.807, 2.05) is 60.6 Å². The van der Waals surface area contributed by atoms with Gasteiger partial charge >= 0.3 is 0 Å². The van der Waals surface area contributed by atoms with Crippen LogP contribution in [0.25, 0.3) is 0 Å². The second kappa shape index (κ2) is 8.36. The molecule has 26 heavy (non-hydrogen) atoms. The van der Waals surface area contributed by atoms with Crippen molar-refractivity contribution in [1.29, 1.82) is 0 Å². The van der Waals surface area contributed by atoms with Gasteiger partial charge in [0.25, 0.3) is 5.91 Å². The lowest BCUT2D eigenvalue weighted by Crippen LogP contribution is -2.39. The Morgan fingerprint density at radius 3 is 3.00 bits per heavy atom. The highest BCUT2D eigenvalue weighted by molar-refractivity contribution is 5.95. The maximum atomic E-state index is 13.0. The normalized spacial score (nSPS) is 17.3. The molecule has 1 aromatic carbocycles. The number of rotatable bonds is 6. The quantitative estimate of drug-likeness (QED) is 0.798. The summed E-state index contributed by atoms with van der Waals surface area (Å²) in [6, 6.07) is 7.83. The smallest absolute Gasteiger partial charge is 0.253 e. The highest BCUT2D eigenvalue weighted by atomic mass is 16.5. The van der Waals surface area contributed by atoms with Crippen molar-refractivity contribution in [3.63, 3.8) is 0 Å². The first-order chi connectivity index (χ1) is 12.6. The fourth-order valence-corrected chi connectivity index (χ4v) is 3.53. The van der Waals surface area contributed by atoms with Gasteiger partial charge in [-0.25, -0.2) is 4.98 Å². The second-order valence-corrected chi connectivity index (χ2v) is 7.01. The van der Waals surface area contributed by atoms with E-state index in [0.717, 1.165) is 49.6 Å². The standard InChI is InChI=1S/C20H28N4O2/c1-22(2)18-8-4-6-16(14-18)20(25)24-10-5-7-17(15-24)19-21-9-11-23(19)12-13-26-3/h4,6,8-9,11,14,17H,5,7,10,12-13,15H2,1-3H3. The van der Waals surface area contributed by atoms with Gasteiger partial charge in [0, 0.05) is 70.4 Å². The lowest BCUT2D eigenvalue weighted by atomic mass is 9.96. The summed E-state index contributed by atoms with van der Waals surface area (Å²) in [5.74, 6) is 1.44. The van der Waals surface area contributed by atoms with Crippen LogP contribution in [0.2, 0.25) is 0 Å². The molecular weight excluding hydrogens is 328 g/mol. The average molecular weight is 356 g/mol. The van der Waals surface area contributed by atoms with Gasteiger partial charge < -0.3 is 19.1 Å². The lowest BCUT2D eigenvalue weighted by Gasteiger charge is -2.33. The van der Waals surface area contributed by atoms with Crippen LogP contribution >= 0.6 is 0 Å². The number of nitrogens with zero attached hydrogens (tertiary/aromatic N) is 4. The summed E-state index contributed by atoms with van der Waals surface area (Å²) in [5, 5.41) is 0. The molecule has 1 aliphatic rings. The maximum absolute atomic E-state index is 13.0. The summed E-state index contributed by atoms with van der Waals surface area (Å²) in [5.41, 5.74) is 1.79. The van der Waals surface area contributed by atoms with Crippen LogP contribution in [0.5, 0.6) is 0 Å². The third-order valence-electron chi connectivity index (χ3n) is 4.97. The highest BCUT2D eigenvalue weighted by Gasteiger charge is 2.28. The molecule has 140 valence electrons. The number of carbonyl (C=O) groups is 1. The van der Waals surface area contributed by atoms with Crippen LogP contribution in [0.4, 0.5) is 5.69 Å². The molecule has 2 aromatic rings. The minimum atomic E-state index is 0.105. The second-order valence-electron chi connectivity index (χ2n) is 7.01. The molecule has 0 radical (unpaired) electrons. The van der Waals surface area contributed by atoms with Gasteiger partial charge in [-0.1, -0.05) is 6.07 Å². The van der Waals surface area contributed by atoms with E-state index in [-0.39, 0.29) is 11.8 Å². The van der Waals surface area contributed by atoms with Crippen molar-refractivity contribution in [2.24, 2.45) is 0 Å². The molecule has 6 nitrogen and oxygen atoms in total. The van der Waals surface area contributed by atoms with Crippen molar-refractivity contribution in [1.82, 2.24) is 14.5 Å². The van der Waals surface area contributed by atoms with Crippen LogP contribution in [0.3, 0.4) is 0 Å². The number of piperidine rings is 1. The van der Waals surface area contributed by atoms with E-state index >= 15 is 0 Å². The van der Waals surface area contributed by atoms with Gasteiger partial charge in [-0.3, -0.25) is 4.79 Å². The van der Waals surface area contributed by atoms with Crippen molar-refractivity contribution >= 4 is 11.6 Å². The summed E-state index contributed by atoms with van der Waals surface area (Å²) in [7, 11) is 5.68. The SMILES string of the molecule is COCCn1ccnc1C1CCCN(C(=O)c2cccc(N(C)C)c2)C1. The lowest BCUT2D eigenvalue weighted by molar-refractivity contribution is 0.0702. The predicted molar refractivity (Wildman–Crippen MR) is 103 cm³/mol. The van der Waals surface area contributed by atoms with Crippen LogP contribution in [0, 0.1) is 0 Å². The molecule has 0 spiro atoms. The van der Waals surface area contributed by atoms with Crippen LogP contribution < -0.4 is 4.90 Å². The molecule has 1 amide bonds. The van der Waals surface area contributed by atoms with Gasteiger partial charge in [0.15, 0.2) is 0 Å². The number of benzene rings is 1. The van der Waals surface area contributed by atoms with E-state index in [2.05, 4.69) is 9.55 Å². The molecule has 1 saturated heterocycles. The number of methoxy groups -OCH3 is 1. The van der Waals surface area contributed by atoms with Gasteiger partial charge in [0.2, 0.25) is 0 Å². The van der Waals surface area contributed by atoms with Crippen LogP contribution in [-0.2, 0) is 11.3 Å². The number of aromatic nitrogens is 2. The van der Waals surface area contributed by atoms with E-state index in [1.54, 1.807) is 7.11 Å². The van der Waals surface area contributed by atoms with Crippen LogP contribution in [-0.4, -0.2) is 61.3 Å². The van der Waals surface area contributed by atoms with Gasteiger partial charge in [-0.15, -0.1) is 0 Å². The minimum Gasteiger partial charge on any atom is -0.383 e. The Balaban J connectivity index is 1.73. The molecule has 0 aliphatic carbocycles. The zero-order valence-electron chi connectivity index (χ0n) is 15.9. The molecule has 1 atom stereocenters. The number of ether oxygens (including phenoxy) is 1. The number of carbonyl (C=O) groups excluding carboxylic acids is 1. The van der Waals surface area contributed by atoms with E-state index in [1.165, 1.54) is 0 Å². The molecule has 1 unspecified atom stereocenters. The van der Waals surface area contributed by atoms with Gasteiger partial charge in [0.1, 0.15) is 5.82 Å². The van der Waals surface area contributed by atoms with Gasteiger partial charge in [0.05, 0.1) is 6.61 Å². The van der Waals surface area contributed by atoms with Crippen molar-refractivity contribution in [2.75, 3.05) is 45.8 Å². The molecule has 6 heteroatoms. The minimum absolute atomic E-state index is 0.105. The molecule has 2 heterocycles. The molecule has 0 N–H and O–H groups in total. The first-order valence-corrected chi connectivity index (χ1v) is 9.16. The van der Waals surface area contributed by atoms with E-state index in [4.69, 9.17) is 4.74 Å². The topological polar surface area (TPSA) is 50.6 Å². The Morgan fingerprint density at radius 2 is 2.23 bits per heavy atom. The molecule has 1 aromatic heterocycles. The summed E-state index contributed by atoms with van der Waals surface area (Å²) in [6.07, 6.45) is 5.90. The number of likely N-dealkylation sites (tertiary alicyclic amines) is 1. The number of anilines is 1. The van der Waals surface area contributed by atoms with E-state index in [0.29, 0.717) is 6.61 Å². The third kappa shape index (κ3) is 4.07. The maximum Gasteiger partial charge on any atom is 0.253 e. The van der Waals surface area contributed by atoms with Crippen molar-refractivity contribution < 1.29 is 9.53 Å². The van der Waals surface area contributed by atoms with E-state index in [9.17, 15) is 4.79 Å². The molecule has 0 bridgehead atoms. The van der Waals surface area contributed by atoms with E-state index < -0.39 is 0 Å². The fourth-order valence-electron chi connectivity index (χ4n) is 3.53. The number of hydrogen-bond acceptors (Lipinski definition) is 4. The molecule has 1 fully saturated rings. The van der Waals surface area contributed by atoms with Crippen molar-refractivity contribution in [3.8, 4) is 0 Å². The number of amides is 1. The Bertz CT molecular complexity index is 741. The average Bonchev–Trinajstić information content (AvgIpc) is 3.14. The van der Waals surface area contributed by atoms with Crippen molar-refractivity contribution in [3.05, 3.63) is 48.0 Å². The largest absolute Gasteiger partial charge is 0.383 e. The van der Waals surface area contributed by atoms with Crippen LogP contribution in [0.15, 0.2) is 36.7 Å². The Labute approximate surface area is 155 Å². The number of imidazole rings is 1. The Kier molecular flexibility index (Phi) is 5.93. The molecule has 0 saturated carbocycles. The third-order valence-corrected chi connectivity index (χ3v) is 4.97.